The molecule has 236 valence electrons. The molecule has 0 heterocycles. The Morgan fingerprint density at radius 1 is 0.625 bits per heavy atom. The Morgan fingerprint density at radius 3 is 1.60 bits per heavy atom. The summed E-state index contributed by atoms with van der Waals surface area (Å²) >= 11 is 0. The van der Waals surface area contributed by atoms with Crippen LogP contribution in [0.1, 0.15) is 168 Å². The molecule has 0 bridgehead atoms. The molecule has 5 nitrogen and oxygen atoms in total. The maximum atomic E-state index is 12.3. The van der Waals surface area contributed by atoms with Crippen LogP contribution in [0.25, 0.3) is 0 Å². The number of hydrogen-bond donors (Lipinski definition) is 4. The van der Waals surface area contributed by atoms with E-state index in [0.29, 0.717) is 6.42 Å². The Morgan fingerprint density at radius 2 is 1.07 bits per heavy atom. The zero-order valence-corrected chi connectivity index (χ0v) is 26.5. The average molecular weight is 566 g/mol. The zero-order chi connectivity index (χ0) is 29.5. The van der Waals surface area contributed by atoms with Crippen molar-refractivity contribution in [1.29, 1.82) is 0 Å². The van der Waals surface area contributed by atoms with Crippen LogP contribution in [-0.2, 0) is 4.79 Å². The third kappa shape index (κ3) is 27.0. The lowest BCUT2D eigenvalue weighted by molar-refractivity contribution is -0.124. The zero-order valence-electron chi connectivity index (χ0n) is 26.5. The first-order chi connectivity index (χ1) is 19.5. The first-order valence-corrected chi connectivity index (χ1v) is 17.1. The number of aliphatic hydroxyl groups excluding tert-OH is 3. The van der Waals surface area contributed by atoms with Crippen molar-refractivity contribution in [1.82, 2.24) is 5.32 Å². The van der Waals surface area contributed by atoms with E-state index in [1.54, 1.807) is 6.08 Å². The van der Waals surface area contributed by atoms with E-state index in [0.717, 1.165) is 32.1 Å². The van der Waals surface area contributed by atoms with Crippen molar-refractivity contribution >= 4 is 5.91 Å². The van der Waals surface area contributed by atoms with E-state index < -0.39 is 18.2 Å². The van der Waals surface area contributed by atoms with E-state index in [4.69, 9.17) is 0 Å². The quantitative estimate of drug-likeness (QED) is 0.0518. The minimum Gasteiger partial charge on any atom is -0.394 e. The molecule has 40 heavy (non-hydrogen) atoms. The van der Waals surface area contributed by atoms with E-state index in [1.807, 2.05) is 6.08 Å². The minimum atomic E-state index is -0.944. The lowest BCUT2D eigenvalue weighted by Gasteiger charge is -2.21. The summed E-state index contributed by atoms with van der Waals surface area (Å²) < 4.78 is 0. The smallest absolute Gasteiger partial charge is 0.222 e. The molecule has 3 unspecified atom stereocenters. The number of carbonyl (C=O) groups excluding carboxylic acids is 1. The molecule has 3 atom stereocenters. The third-order valence-corrected chi connectivity index (χ3v) is 7.74. The number of allylic oxidation sites excluding steroid dienone is 3. The number of carbonyl (C=O) groups is 1. The van der Waals surface area contributed by atoms with Crippen molar-refractivity contribution in [2.24, 2.45) is 0 Å². The highest BCUT2D eigenvalue weighted by Gasteiger charge is 2.20. The molecule has 0 radical (unpaired) electrons. The van der Waals surface area contributed by atoms with Gasteiger partial charge >= 0.3 is 0 Å². The van der Waals surface area contributed by atoms with Crippen LogP contribution in [0.15, 0.2) is 24.3 Å². The summed E-state index contributed by atoms with van der Waals surface area (Å²) in [5.41, 5.74) is 0. The molecule has 0 aliphatic rings. The van der Waals surface area contributed by atoms with Gasteiger partial charge in [0.1, 0.15) is 0 Å². The second-order valence-electron chi connectivity index (χ2n) is 11.8. The Labute approximate surface area is 248 Å². The van der Waals surface area contributed by atoms with Crippen LogP contribution >= 0.6 is 0 Å². The Kier molecular flexibility index (Phi) is 29.9. The van der Waals surface area contributed by atoms with Crippen LogP contribution in [0, 0.1) is 0 Å². The largest absolute Gasteiger partial charge is 0.394 e. The van der Waals surface area contributed by atoms with Gasteiger partial charge < -0.3 is 20.6 Å². The fourth-order valence-corrected chi connectivity index (χ4v) is 5.06. The molecule has 0 fully saturated rings. The summed E-state index contributed by atoms with van der Waals surface area (Å²) in [6.45, 7) is 4.13. The molecule has 0 saturated carbocycles. The van der Waals surface area contributed by atoms with Crippen molar-refractivity contribution in [3.8, 4) is 0 Å². The molecular formula is C35H67NO4. The lowest BCUT2D eigenvalue weighted by atomic mass is 10.0. The topological polar surface area (TPSA) is 89.8 Å². The SMILES string of the molecule is CCCCC/C=C/CC/C=C/C(O)C(CO)NC(=O)CC(O)CCCCCCCCCCCCCCCCCC. The lowest BCUT2D eigenvalue weighted by Crippen LogP contribution is -2.45. The van der Waals surface area contributed by atoms with Gasteiger partial charge in [-0.3, -0.25) is 4.79 Å². The van der Waals surface area contributed by atoms with E-state index in [1.165, 1.54) is 109 Å². The molecule has 1 amide bonds. The van der Waals surface area contributed by atoms with Crippen LogP contribution in [-0.4, -0.2) is 46.1 Å². The predicted octanol–water partition coefficient (Wildman–Crippen LogP) is 8.70. The molecule has 0 aromatic rings. The number of rotatable bonds is 30. The second kappa shape index (κ2) is 30.8. The predicted molar refractivity (Wildman–Crippen MR) is 171 cm³/mol. The molecule has 0 rings (SSSR count). The van der Waals surface area contributed by atoms with Crippen molar-refractivity contribution < 1.29 is 20.1 Å². The van der Waals surface area contributed by atoms with E-state index >= 15 is 0 Å². The molecule has 0 aromatic carbocycles. The van der Waals surface area contributed by atoms with Crippen LogP contribution in [0.4, 0.5) is 0 Å². The van der Waals surface area contributed by atoms with Gasteiger partial charge in [0.15, 0.2) is 0 Å². The van der Waals surface area contributed by atoms with Gasteiger partial charge in [-0.1, -0.05) is 154 Å². The average Bonchev–Trinajstić information content (AvgIpc) is 2.94. The molecule has 0 saturated heterocycles. The van der Waals surface area contributed by atoms with Crippen LogP contribution in [0.5, 0.6) is 0 Å². The van der Waals surface area contributed by atoms with Crippen molar-refractivity contribution in [3.63, 3.8) is 0 Å². The van der Waals surface area contributed by atoms with Crippen LogP contribution < -0.4 is 5.32 Å². The van der Waals surface area contributed by atoms with Gasteiger partial charge in [0, 0.05) is 0 Å². The summed E-state index contributed by atoms with van der Waals surface area (Å²) in [6.07, 6.45) is 34.5. The first kappa shape index (κ1) is 38.8. The van der Waals surface area contributed by atoms with Crippen molar-refractivity contribution in [2.45, 2.75) is 186 Å². The first-order valence-electron chi connectivity index (χ1n) is 17.1. The summed E-state index contributed by atoms with van der Waals surface area (Å²) in [4.78, 5) is 12.3. The molecule has 5 heteroatoms. The Balaban J connectivity index is 3.72. The monoisotopic (exact) mass is 566 g/mol. The molecule has 4 N–H and O–H groups in total. The van der Waals surface area contributed by atoms with Crippen LogP contribution in [0.2, 0.25) is 0 Å². The summed E-state index contributed by atoms with van der Waals surface area (Å²) in [5, 5.41) is 32.8. The molecule has 0 aromatic heterocycles. The maximum absolute atomic E-state index is 12.3. The summed E-state index contributed by atoms with van der Waals surface area (Å²) in [7, 11) is 0. The third-order valence-electron chi connectivity index (χ3n) is 7.74. The fourth-order valence-electron chi connectivity index (χ4n) is 5.06. The van der Waals surface area contributed by atoms with Crippen molar-refractivity contribution in [2.75, 3.05) is 6.61 Å². The number of hydrogen-bond acceptors (Lipinski definition) is 4. The number of amides is 1. The second-order valence-corrected chi connectivity index (χ2v) is 11.8. The highest BCUT2D eigenvalue weighted by Crippen LogP contribution is 2.15. The highest BCUT2D eigenvalue weighted by atomic mass is 16.3. The number of unbranched alkanes of at least 4 members (excludes halogenated alkanes) is 19. The van der Waals surface area contributed by atoms with Gasteiger partial charge in [-0.2, -0.15) is 0 Å². The summed E-state index contributed by atoms with van der Waals surface area (Å²) in [6, 6.07) is -0.754. The fraction of sp³-hybridized carbons (Fsp3) is 0.857. The summed E-state index contributed by atoms with van der Waals surface area (Å²) in [5.74, 6) is -0.328. The van der Waals surface area contributed by atoms with Gasteiger partial charge in [0.2, 0.25) is 5.91 Å². The van der Waals surface area contributed by atoms with Crippen LogP contribution in [0.3, 0.4) is 0 Å². The van der Waals surface area contributed by atoms with Gasteiger partial charge in [-0.25, -0.2) is 0 Å². The van der Waals surface area contributed by atoms with Gasteiger partial charge in [-0.05, 0) is 32.1 Å². The molecule has 0 aliphatic carbocycles. The minimum absolute atomic E-state index is 0.00843. The van der Waals surface area contributed by atoms with E-state index in [2.05, 4.69) is 31.3 Å². The normalized spacial score (nSPS) is 14.2. The molecular weight excluding hydrogens is 498 g/mol. The Bertz CT molecular complexity index is 592. The highest BCUT2D eigenvalue weighted by molar-refractivity contribution is 5.76. The number of aliphatic hydroxyl groups is 3. The molecule has 0 aliphatic heterocycles. The Hall–Kier alpha value is -1.17. The van der Waals surface area contributed by atoms with E-state index in [9.17, 15) is 20.1 Å². The van der Waals surface area contributed by atoms with Gasteiger partial charge in [0.05, 0.1) is 31.3 Å². The van der Waals surface area contributed by atoms with E-state index in [-0.39, 0.29) is 18.9 Å². The van der Waals surface area contributed by atoms with Crippen molar-refractivity contribution in [3.05, 3.63) is 24.3 Å². The molecule has 0 spiro atoms. The maximum Gasteiger partial charge on any atom is 0.222 e. The van der Waals surface area contributed by atoms with Gasteiger partial charge in [-0.15, -0.1) is 0 Å². The standard InChI is InChI=1S/C35H67NO4/c1-3-5-7-9-11-13-14-15-16-17-18-19-21-22-24-26-28-32(38)30-35(40)36-33(31-37)34(39)29-27-25-23-20-12-10-8-6-4-2/h12,20,27,29,32-34,37-39H,3-11,13-19,21-26,28,30-31H2,1-2H3,(H,36,40)/b20-12+,29-27+. The number of nitrogens with one attached hydrogen (secondary N) is 1. The van der Waals surface area contributed by atoms with Gasteiger partial charge in [0.25, 0.3) is 0 Å².